The largest absolute Gasteiger partial charge is 0.541 e. The quantitative estimate of drug-likeness (QED) is 0.833. The van der Waals surface area contributed by atoms with Gasteiger partial charge in [0.2, 0.25) is 0 Å². The van der Waals surface area contributed by atoms with Crippen LogP contribution in [0.15, 0.2) is 12.1 Å². The fourth-order valence-corrected chi connectivity index (χ4v) is 2.37. The summed E-state index contributed by atoms with van der Waals surface area (Å²) in [5.41, 5.74) is -0.202. The average molecular weight is 305 g/mol. The zero-order chi connectivity index (χ0) is 15.0. The van der Waals surface area contributed by atoms with Crippen molar-refractivity contribution in [3.8, 4) is 5.75 Å². The zero-order valence-corrected chi connectivity index (χ0v) is 13.4. The Hall–Kier alpha value is -1.07. The minimum Gasteiger partial charge on any atom is -0.541 e. The molecule has 0 atom stereocenters. The van der Waals surface area contributed by atoms with Gasteiger partial charge in [-0.05, 0) is 30.3 Å². The van der Waals surface area contributed by atoms with E-state index >= 15 is 0 Å². The van der Waals surface area contributed by atoms with Crippen LogP contribution in [0.25, 0.3) is 0 Å². The van der Waals surface area contributed by atoms with Gasteiger partial charge in [-0.15, -0.1) is 0 Å². The monoisotopic (exact) mass is 304 g/mol. The molecule has 0 aliphatic rings. The maximum atomic E-state index is 14.0. The van der Waals surface area contributed by atoms with E-state index < -0.39 is 20.1 Å². The molecule has 0 fully saturated rings. The van der Waals surface area contributed by atoms with E-state index in [0.717, 1.165) is 0 Å². The average Bonchev–Trinajstić information content (AvgIpc) is 2.22. The summed E-state index contributed by atoms with van der Waals surface area (Å²) in [7, 11) is -2.34. The van der Waals surface area contributed by atoms with Gasteiger partial charge in [-0.1, -0.05) is 32.4 Å². The predicted molar refractivity (Wildman–Crippen MR) is 76.2 cm³/mol. The van der Waals surface area contributed by atoms with Crippen molar-refractivity contribution in [1.82, 2.24) is 0 Å². The first-order valence-corrected chi connectivity index (χ1v) is 9.16. The van der Waals surface area contributed by atoms with Crippen molar-refractivity contribution in [3.05, 3.63) is 28.5 Å². The Morgan fingerprint density at radius 3 is 2.32 bits per heavy atom. The molecule has 0 aliphatic heterocycles. The van der Waals surface area contributed by atoms with Gasteiger partial charge in [0.05, 0.1) is 5.02 Å². The molecule has 0 saturated heterocycles. The molecule has 6 heteroatoms. The van der Waals surface area contributed by atoms with E-state index in [1.807, 2.05) is 33.9 Å². The first kappa shape index (κ1) is 16.0. The first-order valence-electron chi connectivity index (χ1n) is 5.87. The summed E-state index contributed by atoms with van der Waals surface area (Å²) < 4.78 is 19.8. The van der Waals surface area contributed by atoms with Gasteiger partial charge >= 0.3 is 5.97 Å². The topological polar surface area (TPSA) is 46.5 Å². The summed E-state index contributed by atoms with van der Waals surface area (Å²) in [5, 5.41) is 8.80. The van der Waals surface area contributed by atoms with Crippen molar-refractivity contribution in [3.63, 3.8) is 0 Å². The van der Waals surface area contributed by atoms with Gasteiger partial charge in [0.1, 0.15) is 5.56 Å². The maximum Gasteiger partial charge on any atom is 0.339 e. The van der Waals surface area contributed by atoms with E-state index in [2.05, 4.69) is 0 Å². The Bertz CT molecular complexity index is 509. The molecule has 1 aromatic rings. The lowest BCUT2D eigenvalue weighted by Crippen LogP contribution is -2.44. The second kappa shape index (κ2) is 5.13. The Kier molecular flexibility index (Phi) is 4.32. The lowest BCUT2D eigenvalue weighted by Gasteiger charge is -2.36. The summed E-state index contributed by atoms with van der Waals surface area (Å²) >= 11 is 5.70. The van der Waals surface area contributed by atoms with Crippen LogP contribution in [0.3, 0.4) is 0 Å². The molecule has 3 nitrogen and oxygen atoms in total. The van der Waals surface area contributed by atoms with Crippen LogP contribution in [0.5, 0.6) is 5.75 Å². The second-order valence-corrected chi connectivity index (χ2v) is 11.0. The molecule has 1 rings (SSSR count). The third-order valence-corrected chi connectivity index (χ3v) is 8.06. The van der Waals surface area contributed by atoms with E-state index in [9.17, 15) is 9.18 Å². The molecule has 0 amide bonds. The SMILES string of the molecule is CC(C)(C)[Si](C)(C)Oc1c(C(=O)O)ccc(Cl)c1F. The van der Waals surface area contributed by atoms with E-state index in [4.69, 9.17) is 21.1 Å². The molecule has 0 radical (unpaired) electrons. The molecular weight excluding hydrogens is 287 g/mol. The van der Waals surface area contributed by atoms with Crippen molar-refractivity contribution in [1.29, 1.82) is 0 Å². The molecule has 1 N–H and O–H groups in total. The fourth-order valence-electron chi connectivity index (χ4n) is 1.21. The standard InChI is InChI=1S/C13H18ClFO3Si/c1-13(2,3)19(4,5)18-11-8(12(16)17)6-7-9(14)10(11)15/h6-7H,1-5H3,(H,16,17). The highest BCUT2D eigenvalue weighted by atomic mass is 35.5. The number of rotatable bonds is 3. The highest BCUT2D eigenvalue weighted by Crippen LogP contribution is 2.40. The van der Waals surface area contributed by atoms with Crippen molar-refractivity contribution in [2.45, 2.75) is 38.9 Å². The van der Waals surface area contributed by atoms with E-state index in [1.165, 1.54) is 12.1 Å². The van der Waals surface area contributed by atoms with Gasteiger partial charge in [0.25, 0.3) is 8.32 Å². The number of benzene rings is 1. The number of hydrogen-bond acceptors (Lipinski definition) is 2. The highest BCUT2D eigenvalue weighted by molar-refractivity contribution is 6.74. The number of carbonyl (C=O) groups is 1. The Balaban J connectivity index is 3.35. The summed E-state index contributed by atoms with van der Waals surface area (Å²) in [5.74, 6) is -2.30. The third kappa shape index (κ3) is 3.28. The second-order valence-electron chi connectivity index (χ2n) is 5.91. The Morgan fingerprint density at radius 1 is 1.37 bits per heavy atom. The van der Waals surface area contributed by atoms with Gasteiger partial charge < -0.3 is 9.53 Å². The van der Waals surface area contributed by atoms with Crippen LogP contribution in [0.4, 0.5) is 4.39 Å². The van der Waals surface area contributed by atoms with Crippen LogP contribution in [0.1, 0.15) is 31.1 Å². The molecule has 0 heterocycles. The molecular formula is C13H18ClFO3Si. The molecule has 106 valence electrons. The Morgan fingerprint density at radius 2 is 1.89 bits per heavy atom. The smallest absolute Gasteiger partial charge is 0.339 e. The third-order valence-electron chi connectivity index (χ3n) is 3.44. The highest BCUT2D eigenvalue weighted by Gasteiger charge is 2.40. The summed E-state index contributed by atoms with van der Waals surface area (Å²) in [6, 6.07) is 2.48. The number of aromatic carboxylic acids is 1. The molecule has 0 unspecified atom stereocenters. The van der Waals surface area contributed by atoms with Gasteiger partial charge in [0, 0.05) is 0 Å². The molecule has 0 spiro atoms. The van der Waals surface area contributed by atoms with Gasteiger partial charge in [0.15, 0.2) is 11.6 Å². The number of hydrogen-bond donors (Lipinski definition) is 1. The first-order chi connectivity index (χ1) is 8.47. The van der Waals surface area contributed by atoms with Crippen LogP contribution in [0.2, 0.25) is 23.2 Å². The number of carboxylic acid groups (broad SMARTS) is 1. The minimum absolute atomic E-state index is 0.140. The summed E-state index contributed by atoms with van der Waals surface area (Å²) in [6.45, 7) is 9.80. The molecule has 19 heavy (non-hydrogen) atoms. The minimum atomic E-state index is -2.34. The fraction of sp³-hybridized carbons (Fsp3) is 0.462. The van der Waals surface area contributed by atoms with Crippen molar-refractivity contribution in [2.75, 3.05) is 0 Å². The lowest BCUT2D eigenvalue weighted by atomic mass is 10.2. The summed E-state index contributed by atoms with van der Waals surface area (Å²) in [6.07, 6.45) is 0. The molecule has 0 saturated carbocycles. The maximum absolute atomic E-state index is 14.0. The van der Waals surface area contributed by atoms with Crippen LogP contribution >= 0.6 is 11.6 Å². The number of carboxylic acids is 1. The molecule has 0 aromatic heterocycles. The van der Waals surface area contributed by atoms with Crippen LogP contribution < -0.4 is 4.43 Å². The molecule has 0 aliphatic carbocycles. The van der Waals surface area contributed by atoms with Crippen molar-refractivity contribution < 1.29 is 18.7 Å². The normalized spacial score (nSPS) is 12.4. The number of halogens is 2. The predicted octanol–water partition coefficient (Wildman–Crippen LogP) is 4.56. The van der Waals surface area contributed by atoms with Crippen molar-refractivity contribution in [2.24, 2.45) is 0 Å². The van der Waals surface area contributed by atoms with Crippen LogP contribution in [-0.4, -0.2) is 19.4 Å². The molecule has 0 bridgehead atoms. The lowest BCUT2D eigenvalue weighted by molar-refractivity contribution is 0.0694. The van der Waals surface area contributed by atoms with Crippen LogP contribution in [-0.2, 0) is 0 Å². The van der Waals surface area contributed by atoms with E-state index in [0.29, 0.717) is 0 Å². The van der Waals surface area contributed by atoms with Gasteiger partial charge in [-0.3, -0.25) is 0 Å². The van der Waals surface area contributed by atoms with E-state index in [1.54, 1.807) is 0 Å². The summed E-state index contributed by atoms with van der Waals surface area (Å²) in [4.78, 5) is 11.1. The molecule has 1 aromatic carbocycles. The van der Waals surface area contributed by atoms with Crippen molar-refractivity contribution >= 4 is 25.9 Å². The van der Waals surface area contributed by atoms with Gasteiger partial charge in [-0.25, -0.2) is 9.18 Å². The van der Waals surface area contributed by atoms with Crippen LogP contribution in [0, 0.1) is 5.82 Å². The van der Waals surface area contributed by atoms with Gasteiger partial charge in [-0.2, -0.15) is 0 Å². The van der Waals surface area contributed by atoms with E-state index in [-0.39, 0.29) is 21.4 Å². The Labute approximate surface area is 118 Å². The zero-order valence-electron chi connectivity index (χ0n) is 11.7.